The smallest absolute Gasteiger partial charge is 0.228 e. The number of pyridine rings is 1. The number of aromatic nitrogens is 3. The average Bonchev–Trinajstić information content (AvgIpc) is 2.92. The van der Waals surface area contributed by atoms with Crippen molar-refractivity contribution < 1.29 is 4.79 Å². The van der Waals surface area contributed by atoms with E-state index in [2.05, 4.69) is 39.7 Å². The molecule has 0 atom stereocenters. The van der Waals surface area contributed by atoms with Crippen molar-refractivity contribution in [2.45, 2.75) is 32.6 Å². The molecule has 2 aromatic heterocycles. The topological polar surface area (TPSA) is 83.0 Å². The van der Waals surface area contributed by atoms with Gasteiger partial charge in [-0.1, -0.05) is 11.6 Å². The number of rotatable bonds is 4. The van der Waals surface area contributed by atoms with E-state index in [4.69, 9.17) is 21.6 Å². The third-order valence-electron chi connectivity index (χ3n) is 6.45. The van der Waals surface area contributed by atoms with Crippen LogP contribution in [-0.2, 0) is 17.6 Å². The molecule has 1 saturated heterocycles. The summed E-state index contributed by atoms with van der Waals surface area (Å²) in [6, 6.07) is 9.57. The van der Waals surface area contributed by atoms with Crippen LogP contribution in [-0.4, -0.2) is 45.9 Å². The average molecular weight is 463 g/mol. The van der Waals surface area contributed by atoms with Crippen molar-refractivity contribution in [3.63, 3.8) is 0 Å². The number of likely N-dealkylation sites (tertiary alicyclic amines) is 1. The van der Waals surface area contributed by atoms with E-state index in [0.29, 0.717) is 22.6 Å². The van der Waals surface area contributed by atoms with Crippen LogP contribution in [0.1, 0.15) is 29.8 Å². The first-order chi connectivity index (χ1) is 15.9. The number of hydrogen-bond acceptors (Lipinski definition) is 6. The first kappa shape index (κ1) is 21.8. The Morgan fingerprint density at radius 2 is 2.00 bits per heavy atom. The van der Waals surface area contributed by atoms with Gasteiger partial charge in [0, 0.05) is 28.0 Å². The number of nitrogens with one attached hydrogen (secondary N) is 2. The van der Waals surface area contributed by atoms with Gasteiger partial charge in [0.15, 0.2) is 0 Å². The number of anilines is 3. The number of hydrogen-bond donors (Lipinski definition) is 2. The van der Waals surface area contributed by atoms with Gasteiger partial charge in [-0.2, -0.15) is 0 Å². The molecule has 1 fully saturated rings. The van der Waals surface area contributed by atoms with E-state index in [1.807, 2.05) is 13.0 Å². The second-order valence-corrected chi connectivity index (χ2v) is 9.43. The lowest BCUT2D eigenvalue weighted by molar-refractivity contribution is -0.115. The van der Waals surface area contributed by atoms with Crippen LogP contribution in [0.15, 0.2) is 36.5 Å². The Labute approximate surface area is 198 Å². The maximum Gasteiger partial charge on any atom is 0.228 e. The molecule has 0 unspecified atom stereocenters. The highest BCUT2D eigenvalue weighted by molar-refractivity contribution is 6.31. The number of halogens is 1. The van der Waals surface area contributed by atoms with E-state index < -0.39 is 0 Å². The molecule has 4 heterocycles. The zero-order valence-electron chi connectivity index (χ0n) is 18.9. The van der Waals surface area contributed by atoms with Gasteiger partial charge in [0.2, 0.25) is 11.9 Å². The molecule has 0 radical (unpaired) electrons. The molecule has 2 N–H and O–H groups in total. The molecule has 7 nitrogen and oxygen atoms in total. The Balaban J connectivity index is 1.37. The molecule has 0 aliphatic carbocycles. The van der Waals surface area contributed by atoms with Gasteiger partial charge < -0.3 is 15.5 Å². The zero-order chi connectivity index (χ0) is 22.9. The Hall–Kier alpha value is -3.03. The van der Waals surface area contributed by atoms with Crippen LogP contribution in [0.3, 0.4) is 0 Å². The number of nitrogens with zero attached hydrogens (tertiary/aromatic N) is 4. The Bertz CT molecular complexity index is 1210. The van der Waals surface area contributed by atoms with Gasteiger partial charge in [-0.3, -0.25) is 9.78 Å². The van der Waals surface area contributed by atoms with E-state index in [1.165, 1.54) is 12.8 Å². The van der Waals surface area contributed by atoms with Gasteiger partial charge in [-0.25, -0.2) is 9.97 Å². The summed E-state index contributed by atoms with van der Waals surface area (Å²) in [5.74, 6) is 1.06. The maximum atomic E-state index is 12.3. The van der Waals surface area contributed by atoms with Gasteiger partial charge in [-0.05, 0) is 82.6 Å². The second-order valence-electron chi connectivity index (χ2n) is 8.99. The number of aryl methyl sites for hydroxylation is 1. The van der Waals surface area contributed by atoms with Crippen molar-refractivity contribution >= 4 is 34.8 Å². The molecule has 3 aromatic rings. The van der Waals surface area contributed by atoms with Crippen LogP contribution in [0.2, 0.25) is 5.02 Å². The quantitative estimate of drug-likeness (QED) is 0.588. The Morgan fingerprint density at radius 1 is 1.18 bits per heavy atom. The van der Waals surface area contributed by atoms with Gasteiger partial charge in [0.05, 0.1) is 29.2 Å². The molecular weight excluding hydrogens is 436 g/mol. The lowest BCUT2D eigenvalue weighted by atomic mass is 9.92. The van der Waals surface area contributed by atoms with Crippen molar-refractivity contribution in [1.82, 2.24) is 19.9 Å². The molecular formula is C25H27ClN6O. The SMILES string of the molecule is Cc1nc(CC2CCN(C)CC2)ccc1Nc1ncc2c(n1)-c1ccc(Cl)cc1NC(=O)C2. The van der Waals surface area contributed by atoms with Crippen molar-refractivity contribution in [1.29, 1.82) is 0 Å². The Kier molecular flexibility index (Phi) is 6.00. The summed E-state index contributed by atoms with van der Waals surface area (Å²) < 4.78 is 0. The van der Waals surface area contributed by atoms with Crippen molar-refractivity contribution in [3.8, 4) is 11.3 Å². The molecule has 2 aliphatic heterocycles. The normalized spacial score (nSPS) is 16.5. The summed E-state index contributed by atoms with van der Waals surface area (Å²) in [5.41, 5.74) is 5.92. The van der Waals surface area contributed by atoms with Gasteiger partial charge >= 0.3 is 0 Å². The first-order valence-electron chi connectivity index (χ1n) is 11.3. The summed E-state index contributed by atoms with van der Waals surface area (Å²) in [6.45, 7) is 4.33. The fraction of sp³-hybridized carbons (Fsp3) is 0.360. The number of amides is 1. The van der Waals surface area contributed by atoms with Crippen LogP contribution >= 0.6 is 11.6 Å². The molecule has 33 heavy (non-hydrogen) atoms. The monoisotopic (exact) mass is 462 g/mol. The predicted molar refractivity (Wildman–Crippen MR) is 131 cm³/mol. The van der Waals surface area contributed by atoms with Gasteiger partial charge in [0.25, 0.3) is 0 Å². The molecule has 170 valence electrons. The van der Waals surface area contributed by atoms with E-state index in [9.17, 15) is 4.79 Å². The molecule has 5 rings (SSSR count). The molecule has 1 amide bonds. The summed E-state index contributed by atoms with van der Waals surface area (Å²) in [5, 5.41) is 6.78. The second kappa shape index (κ2) is 9.08. The lowest BCUT2D eigenvalue weighted by Crippen LogP contribution is -2.31. The van der Waals surface area contributed by atoms with E-state index in [0.717, 1.165) is 53.4 Å². The molecule has 0 bridgehead atoms. The van der Waals surface area contributed by atoms with Crippen LogP contribution in [0, 0.1) is 12.8 Å². The molecule has 8 heteroatoms. The molecule has 1 aromatic carbocycles. The summed E-state index contributed by atoms with van der Waals surface area (Å²) >= 11 is 6.14. The van der Waals surface area contributed by atoms with Crippen molar-refractivity contribution in [2.75, 3.05) is 30.8 Å². The molecule has 0 saturated carbocycles. The maximum absolute atomic E-state index is 12.3. The Morgan fingerprint density at radius 3 is 2.79 bits per heavy atom. The standard InChI is InChI=1S/C25H27ClN6O/c1-15-21(6-4-19(28-15)11-16-7-9-32(2)10-8-16)30-25-27-14-17-12-23(33)29-22-13-18(26)3-5-20(22)24(17)31-25/h3-6,13-14,16H,7-12H2,1-2H3,(H,29,33)(H,27,30,31). The van der Waals surface area contributed by atoms with E-state index >= 15 is 0 Å². The number of carbonyl (C=O) groups is 1. The number of piperidine rings is 1. The molecule has 0 spiro atoms. The minimum Gasteiger partial charge on any atom is -0.325 e. The van der Waals surface area contributed by atoms with Gasteiger partial charge in [-0.15, -0.1) is 0 Å². The van der Waals surface area contributed by atoms with Crippen LogP contribution in [0.4, 0.5) is 17.3 Å². The third-order valence-corrected chi connectivity index (χ3v) is 6.69. The summed E-state index contributed by atoms with van der Waals surface area (Å²) in [7, 11) is 2.19. The largest absolute Gasteiger partial charge is 0.325 e. The van der Waals surface area contributed by atoms with Crippen LogP contribution in [0.5, 0.6) is 0 Å². The zero-order valence-corrected chi connectivity index (χ0v) is 19.6. The van der Waals surface area contributed by atoms with E-state index in [1.54, 1.807) is 18.3 Å². The first-order valence-corrected chi connectivity index (χ1v) is 11.7. The summed E-state index contributed by atoms with van der Waals surface area (Å²) in [6.07, 6.45) is 5.40. The minimum atomic E-state index is -0.109. The third kappa shape index (κ3) is 4.84. The van der Waals surface area contributed by atoms with Gasteiger partial charge in [0.1, 0.15) is 0 Å². The lowest BCUT2D eigenvalue weighted by Gasteiger charge is -2.28. The molecule has 2 aliphatic rings. The van der Waals surface area contributed by atoms with E-state index in [-0.39, 0.29) is 12.3 Å². The van der Waals surface area contributed by atoms with Crippen molar-refractivity contribution in [2.24, 2.45) is 5.92 Å². The fourth-order valence-corrected chi connectivity index (χ4v) is 4.74. The van der Waals surface area contributed by atoms with Crippen LogP contribution in [0.25, 0.3) is 11.3 Å². The number of fused-ring (bicyclic) bond motifs is 3. The highest BCUT2D eigenvalue weighted by atomic mass is 35.5. The number of benzene rings is 1. The fourth-order valence-electron chi connectivity index (χ4n) is 4.56. The van der Waals surface area contributed by atoms with Crippen molar-refractivity contribution in [3.05, 3.63) is 58.5 Å². The number of carbonyl (C=O) groups excluding carboxylic acids is 1. The minimum absolute atomic E-state index is 0.109. The predicted octanol–water partition coefficient (Wildman–Crippen LogP) is 4.62. The van der Waals surface area contributed by atoms with Crippen LogP contribution < -0.4 is 10.6 Å². The summed E-state index contributed by atoms with van der Waals surface area (Å²) in [4.78, 5) is 28.7. The highest BCUT2D eigenvalue weighted by Crippen LogP contribution is 2.35. The highest BCUT2D eigenvalue weighted by Gasteiger charge is 2.22.